The fourth-order valence-electron chi connectivity index (χ4n) is 10.4. The van der Waals surface area contributed by atoms with Crippen LogP contribution in [0.2, 0.25) is 0 Å². The van der Waals surface area contributed by atoms with Crippen LogP contribution < -0.4 is 5.32 Å². The van der Waals surface area contributed by atoms with Crippen LogP contribution in [0.5, 0.6) is 0 Å². The Labute approximate surface area is 456 Å². The van der Waals surface area contributed by atoms with E-state index in [0.29, 0.717) is 19.4 Å². The van der Waals surface area contributed by atoms with E-state index in [0.717, 1.165) is 38.5 Å². The first-order valence-electron chi connectivity index (χ1n) is 33.1. The average Bonchev–Trinajstić information content (AvgIpc) is 3.39. The Balaban J connectivity index is 3.40. The van der Waals surface area contributed by atoms with Gasteiger partial charge in [-0.15, -0.1) is 0 Å². The zero-order valence-electron chi connectivity index (χ0n) is 49.4. The van der Waals surface area contributed by atoms with Crippen LogP contribution in [0.15, 0.2) is 24.3 Å². The van der Waals surface area contributed by atoms with E-state index in [1.165, 1.54) is 302 Å². The highest BCUT2D eigenvalue weighted by Crippen LogP contribution is 2.18. The van der Waals surface area contributed by atoms with Crippen LogP contribution in [0.1, 0.15) is 367 Å². The van der Waals surface area contributed by atoms with Crippen LogP contribution in [0.4, 0.5) is 0 Å². The molecule has 0 spiro atoms. The van der Waals surface area contributed by atoms with Gasteiger partial charge in [-0.25, -0.2) is 0 Å². The second-order valence-electron chi connectivity index (χ2n) is 22.8. The van der Waals surface area contributed by atoms with Crippen molar-refractivity contribution in [3.8, 4) is 0 Å². The van der Waals surface area contributed by atoms with Gasteiger partial charge >= 0.3 is 5.97 Å². The van der Waals surface area contributed by atoms with Crippen LogP contribution in [0.3, 0.4) is 0 Å². The van der Waals surface area contributed by atoms with Gasteiger partial charge in [0, 0.05) is 12.8 Å². The molecule has 0 aliphatic carbocycles. The molecule has 0 fully saturated rings. The lowest BCUT2D eigenvalue weighted by Crippen LogP contribution is -2.45. The summed E-state index contributed by atoms with van der Waals surface area (Å²) in [6.07, 6.45) is 78.1. The highest BCUT2D eigenvalue weighted by atomic mass is 16.5. The van der Waals surface area contributed by atoms with Crippen LogP contribution in [-0.4, -0.2) is 47.4 Å². The number of rotatable bonds is 62. The molecule has 2 unspecified atom stereocenters. The largest absolute Gasteiger partial charge is 0.466 e. The van der Waals surface area contributed by atoms with Crippen molar-refractivity contribution < 1.29 is 24.5 Å². The van der Waals surface area contributed by atoms with Crippen LogP contribution in [0.25, 0.3) is 0 Å². The third-order valence-electron chi connectivity index (χ3n) is 15.5. The number of allylic oxidation sites excluding steroid dienone is 3. The van der Waals surface area contributed by atoms with Crippen molar-refractivity contribution in [1.29, 1.82) is 0 Å². The molecule has 6 heteroatoms. The van der Waals surface area contributed by atoms with Crippen LogP contribution >= 0.6 is 0 Å². The molecular formula is C67H129NO5. The number of aliphatic hydroxyl groups is 2. The van der Waals surface area contributed by atoms with Gasteiger partial charge in [0.1, 0.15) is 0 Å². The summed E-state index contributed by atoms with van der Waals surface area (Å²) in [4.78, 5) is 24.5. The Kier molecular flexibility index (Phi) is 61.4. The summed E-state index contributed by atoms with van der Waals surface area (Å²) in [7, 11) is 0. The number of hydrogen-bond donors (Lipinski definition) is 3. The Bertz CT molecular complexity index is 1140. The minimum absolute atomic E-state index is 0.0158. The van der Waals surface area contributed by atoms with Gasteiger partial charge in [-0.3, -0.25) is 9.59 Å². The predicted molar refractivity (Wildman–Crippen MR) is 320 cm³/mol. The molecule has 0 saturated heterocycles. The van der Waals surface area contributed by atoms with Crippen molar-refractivity contribution >= 4 is 11.9 Å². The number of esters is 1. The van der Waals surface area contributed by atoms with Crippen molar-refractivity contribution in [1.82, 2.24) is 5.32 Å². The quantitative estimate of drug-likeness (QED) is 0.0320. The number of ether oxygens (including phenoxy) is 1. The third-order valence-corrected chi connectivity index (χ3v) is 15.5. The molecule has 432 valence electrons. The normalized spacial score (nSPS) is 12.7. The molecule has 0 rings (SSSR count). The highest BCUT2D eigenvalue weighted by Gasteiger charge is 2.18. The predicted octanol–water partition coefficient (Wildman–Crippen LogP) is 21.0. The van der Waals surface area contributed by atoms with Crippen LogP contribution in [0, 0.1) is 0 Å². The topological polar surface area (TPSA) is 95.9 Å². The number of nitrogens with one attached hydrogen (secondary N) is 1. The summed E-state index contributed by atoms with van der Waals surface area (Å²) in [6, 6.07) is -0.628. The van der Waals surface area contributed by atoms with E-state index in [-0.39, 0.29) is 18.5 Å². The van der Waals surface area contributed by atoms with E-state index < -0.39 is 12.1 Å². The van der Waals surface area contributed by atoms with Gasteiger partial charge in [-0.2, -0.15) is 0 Å². The number of carbonyl (C=O) groups excluding carboxylic acids is 2. The van der Waals surface area contributed by atoms with Crippen molar-refractivity contribution in [2.45, 2.75) is 379 Å². The number of hydrogen-bond acceptors (Lipinski definition) is 5. The van der Waals surface area contributed by atoms with Crippen molar-refractivity contribution in [2.75, 3.05) is 13.2 Å². The van der Waals surface area contributed by atoms with Crippen LogP contribution in [-0.2, 0) is 14.3 Å². The van der Waals surface area contributed by atoms with Gasteiger partial charge in [-0.1, -0.05) is 321 Å². The molecule has 0 bridgehead atoms. The van der Waals surface area contributed by atoms with E-state index >= 15 is 0 Å². The zero-order valence-corrected chi connectivity index (χ0v) is 49.4. The summed E-state index contributed by atoms with van der Waals surface area (Å²) in [6.45, 7) is 4.93. The lowest BCUT2D eigenvalue weighted by molar-refractivity contribution is -0.143. The maximum absolute atomic E-state index is 12.5. The first-order chi connectivity index (χ1) is 36.0. The minimum atomic E-state index is -0.845. The average molecular weight is 1030 g/mol. The smallest absolute Gasteiger partial charge is 0.305 e. The Morgan fingerprint density at radius 2 is 0.644 bits per heavy atom. The second kappa shape index (κ2) is 62.9. The van der Waals surface area contributed by atoms with E-state index in [1.807, 2.05) is 6.08 Å². The van der Waals surface area contributed by atoms with E-state index in [2.05, 4.69) is 31.3 Å². The molecule has 6 nitrogen and oxygen atoms in total. The highest BCUT2D eigenvalue weighted by molar-refractivity contribution is 5.76. The maximum Gasteiger partial charge on any atom is 0.305 e. The van der Waals surface area contributed by atoms with E-state index in [9.17, 15) is 19.8 Å². The standard InChI is InChI=1S/C67H129NO5/c1-3-5-7-9-11-13-15-17-18-30-33-36-39-43-47-51-55-59-65(70)64(63-69)68-66(71)60-56-52-48-44-40-37-34-31-28-26-24-22-20-19-21-23-25-27-29-32-35-38-42-46-50-54-58-62-73-67(72)61-57-53-49-45-41-16-14-12-10-8-6-4-2/h19-20,55,59,64-65,69-70H,3-18,21-54,56-58,60-63H2,1-2H3,(H,68,71)/b20-19-,59-55+. The number of amides is 1. The van der Waals surface area contributed by atoms with Gasteiger partial charge in [0.25, 0.3) is 0 Å². The SMILES string of the molecule is CCCCCCCCCCCCCCCCC/C=C/C(O)C(CO)NC(=O)CCCCCCCCCCCCC/C=C\CCCCCCCCCCCCCCOC(=O)CCCCCCCCCCCCCC. The summed E-state index contributed by atoms with van der Waals surface area (Å²) in [5.41, 5.74) is 0. The fourth-order valence-corrected chi connectivity index (χ4v) is 10.4. The van der Waals surface area contributed by atoms with Gasteiger partial charge in [0.05, 0.1) is 25.4 Å². The number of aliphatic hydroxyl groups excluding tert-OH is 2. The lowest BCUT2D eigenvalue weighted by atomic mass is 10.0. The molecule has 3 N–H and O–H groups in total. The molecule has 1 amide bonds. The summed E-state index contributed by atoms with van der Waals surface area (Å²) in [5.74, 6) is -0.0502. The van der Waals surface area contributed by atoms with Gasteiger partial charge in [0.2, 0.25) is 5.91 Å². The van der Waals surface area contributed by atoms with Gasteiger partial charge in [-0.05, 0) is 57.8 Å². The minimum Gasteiger partial charge on any atom is -0.466 e. The molecule has 0 saturated carbocycles. The zero-order chi connectivity index (χ0) is 52.9. The molecule has 0 aliphatic rings. The summed E-state index contributed by atoms with van der Waals surface area (Å²) < 4.78 is 5.48. The van der Waals surface area contributed by atoms with Crippen molar-refractivity contribution in [3.05, 3.63) is 24.3 Å². The first kappa shape index (κ1) is 71.3. The van der Waals surface area contributed by atoms with Gasteiger partial charge < -0.3 is 20.3 Å². The van der Waals surface area contributed by atoms with E-state index in [4.69, 9.17) is 4.74 Å². The van der Waals surface area contributed by atoms with Crippen molar-refractivity contribution in [2.24, 2.45) is 0 Å². The molecule has 2 atom stereocenters. The second-order valence-corrected chi connectivity index (χ2v) is 22.8. The Hall–Kier alpha value is -1.66. The molecule has 0 heterocycles. The van der Waals surface area contributed by atoms with Gasteiger partial charge in [0.15, 0.2) is 0 Å². The number of unbranched alkanes of at least 4 members (excludes halogenated alkanes) is 49. The lowest BCUT2D eigenvalue weighted by Gasteiger charge is -2.20. The summed E-state index contributed by atoms with van der Waals surface area (Å²) in [5, 5.41) is 23.2. The van der Waals surface area contributed by atoms with E-state index in [1.54, 1.807) is 6.08 Å². The molecule has 0 radical (unpaired) electrons. The molecule has 73 heavy (non-hydrogen) atoms. The molecule has 0 aromatic carbocycles. The fraction of sp³-hybridized carbons (Fsp3) is 0.910. The monoisotopic (exact) mass is 1030 g/mol. The van der Waals surface area contributed by atoms with Crippen molar-refractivity contribution in [3.63, 3.8) is 0 Å². The molecule has 0 aromatic heterocycles. The molecular weight excluding hydrogens is 899 g/mol. The molecule has 0 aromatic rings. The Morgan fingerprint density at radius 1 is 0.370 bits per heavy atom. The number of carbonyl (C=O) groups is 2. The molecule has 0 aliphatic heterocycles. The summed E-state index contributed by atoms with van der Waals surface area (Å²) >= 11 is 0. The first-order valence-corrected chi connectivity index (χ1v) is 33.1. The Morgan fingerprint density at radius 3 is 0.973 bits per heavy atom. The third kappa shape index (κ3) is 59.4. The maximum atomic E-state index is 12.5.